The van der Waals surface area contributed by atoms with Crippen LogP contribution in [0.3, 0.4) is 0 Å². The van der Waals surface area contributed by atoms with Crippen LogP contribution in [0.5, 0.6) is 0 Å². The molecule has 18 heavy (non-hydrogen) atoms. The van der Waals surface area contributed by atoms with E-state index in [-0.39, 0.29) is 11.7 Å². The molecule has 0 spiro atoms. The van der Waals surface area contributed by atoms with Crippen LogP contribution in [0.15, 0.2) is 29.4 Å². The van der Waals surface area contributed by atoms with Gasteiger partial charge in [-0.25, -0.2) is 4.68 Å². The van der Waals surface area contributed by atoms with Gasteiger partial charge in [0, 0.05) is 12.7 Å². The van der Waals surface area contributed by atoms with Gasteiger partial charge in [0.15, 0.2) is 0 Å². The van der Waals surface area contributed by atoms with Crippen molar-refractivity contribution in [2.75, 3.05) is 11.1 Å². The maximum absolute atomic E-state index is 11.7. The number of nitrogens with one attached hydrogen (secondary N) is 1. The van der Waals surface area contributed by atoms with Crippen LogP contribution in [0.2, 0.25) is 0 Å². The number of nitrogens with zero attached hydrogens (tertiary/aromatic N) is 4. The maximum atomic E-state index is 11.7. The zero-order valence-electron chi connectivity index (χ0n) is 10.1. The van der Waals surface area contributed by atoms with Gasteiger partial charge in [-0.15, -0.1) is 5.10 Å². The van der Waals surface area contributed by atoms with Crippen molar-refractivity contribution < 1.29 is 4.79 Å². The first-order valence-electron chi connectivity index (χ1n) is 5.37. The Morgan fingerprint density at radius 3 is 2.72 bits per heavy atom. The third kappa shape index (κ3) is 3.30. The molecule has 7 heteroatoms. The van der Waals surface area contributed by atoms with E-state index in [1.807, 2.05) is 31.2 Å². The number of anilines is 1. The smallest absolute Gasteiger partial charge is 0.234 e. The molecule has 0 saturated carbocycles. The molecule has 0 saturated heterocycles. The Hall–Kier alpha value is -1.89. The van der Waals surface area contributed by atoms with Gasteiger partial charge in [0.2, 0.25) is 11.1 Å². The molecule has 2 aromatic rings. The summed E-state index contributed by atoms with van der Waals surface area (Å²) in [5, 5.41) is 14.4. The molecule has 0 atom stereocenters. The maximum Gasteiger partial charge on any atom is 0.234 e. The second kappa shape index (κ2) is 5.63. The molecule has 0 aliphatic heterocycles. The van der Waals surface area contributed by atoms with Crippen molar-refractivity contribution in [1.29, 1.82) is 0 Å². The van der Waals surface area contributed by atoms with Crippen molar-refractivity contribution in [3.05, 3.63) is 29.8 Å². The average Bonchev–Trinajstić information content (AvgIpc) is 2.75. The van der Waals surface area contributed by atoms with E-state index in [9.17, 15) is 4.79 Å². The molecular formula is C11H13N5OS. The van der Waals surface area contributed by atoms with Gasteiger partial charge in [-0.2, -0.15) is 0 Å². The molecular weight excluding hydrogens is 250 g/mol. The summed E-state index contributed by atoms with van der Waals surface area (Å²) >= 11 is 1.30. The number of carbonyl (C=O) groups is 1. The molecule has 1 heterocycles. The van der Waals surface area contributed by atoms with Crippen molar-refractivity contribution in [2.45, 2.75) is 12.1 Å². The van der Waals surface area contributed by atoms with Gasteiger partial charge in [-0.1, -0.05) is 29.5 Å². The van der Waals surface area contributed by atoms with E-state index in [1.54, 1.807) is 7.05 Å². The topological polar surface area (TPSA) is 72.7 Å². The third-order valence-electron chi connectivity index (χ3n) is 2.25. The summed E-state index contributed by atoms with van der Waals surface area (Å²) in [6.07, 6.45) is 0. The van der Waals surface area contributed by atoms with Crippen LogP contribution in [0, 0.1) is 6.92 Å². The predicted octanol–water partition coefficient (Wildman–Crippen LogP) is 1.25. The summed E-state index contributed by atoms with van der Waals surface area (Å²) in [7, 11) is 1.74. The monoisotopic (exact) mass is 263 g/mol. The summed E-state index contributed by atoms with van der Waals surface area (Å²) in [6.45, 7) is 2.00. The zero-order valence-corrected chi connectivity index (χ0v) is 10.9. The van der Waals surface area contributed by atoms with E-state index in [0.717, 1.165) is 11.3 Å². The molecule has 1 aromatic heterocycles. The summed E-state index contributed by atoms with van der Waals surface area (Å²) in [5.41, 5.74) is 1.95. The summed E-state index contributed by atoms with van der Waals surface area (Å²) in [5.74, 6) is 0.203. The third-order valence-corrected chi connectivity index (χ3v) is 3.26. The van der Waals surface area contributed by atoms with E-state index in [4.69, 9.17) is 0 Å². The van der Waals surface area contributed by atoms with Crippen molar-refractivity contribution in [3.63, 3.8) is 0 Å². The molecule has 1 aromatic carbocycles. The number of aryl methyl sites for hydroxylation is 2. The Balaban J connectivity index is 1.86. The number of amides is 1. The number of benzene rings is 1. The van der Waals surface area contributed by atoms with E-state index < -0.39 is 0 Å². The van der Waals surface area contributed by atoms with Crippen LogP contribution in [-0.4, -0.2) is 31.9 Å². The first-order chi connectivity index (χ1) is 8.65. The molecule has 0 unspecified atom stereocenters. The molecule has 94 valence electrons. The van der Waals surface area contributed by atoms with Gasteiger partial charge < -0.3 is 5.32 Å². The number of aromatic nitrogens is 4. The van der Waals surface area contributed by atoms with Gasteiger partial charge >= 0.3 is 0 Å². The quantitative estimate of drug-likeness (QED) is 0.840. The fraction of sp³-hybridized carbons (Fsp3) is 0.273. The van der Waals surface area contributed by atoms with Gasteiger partial charge in [-0.3, -0.25) is 4.79 Å². The largest absolute Gasteiger partial charge is 0.325 e. The van der Waals surface area contributed by atoms with Gasteiger partial charge in [0.25, 0.3) is 0 Å². The first kappa shape index (κ1) is 12.6. The van der Waals surface area contributed by atoms with Crippen molar-refractivity contribution in [3.8, 4) is 0 Å². The number of hydrogen-bond donors (Lipinski definition) is 1. The second-order valence-electron chi connectivity index (χ2n) is 3.79. The van der Waals surface area contributed by atoms with E-state index >= 15 is 0 Å². The van der Waals surface area contributed by atoms with Crippen LogP contribution >= 0.6 is 11.8 Å². The average molecular weight is 263 g/mol. The number of carbonyl (C=O) groups excluding carboxylic acids is 1. The molecule has 2 rings (SSSR count). The Labute approximate surface area is 109 Å². The lowest BCUT2D eigenvalue weighted by atomic mass is 10.2. The Morgan fingerprint density at radius 1 is 1.39 bits per heavy atom. The normalized spacial score (nSPS) is 10.3. The standard InChI is InChI=1S/C11H13N5OS/c1-8-3-5-9(6-4-8)12-10(17)7-18-11-13-14-15-16(11)2/h3-6H,7H2,1-2H3,(H,12,17). The highest BCUT2D eigenvalue weighted by molar-refractivity contribution is 7.99. The summed E-state index contributed by atoms with van der Waals surface area (Å²) < 4.78 is 1.53. The minimum atomic E-state index is -0.0770. The van der Waals surface area contributed by atoms with Crippen LogP contribution < -0.4 is 5.32 Å². The molecule has 0 aliphatic rings. The highest BCUT2D eigenvalue weighted by Crippen LogP contribution is 2.13. The Morgan fingerprint density at radius 2 is 2.11 bits per heavy atom. The lowest BCUT2D eigenvalue weighted by Crippen LogP contribution is -2.14. The van der Waals surface area contributed by atoms with Crippen molar-refractivity contribution >= 4 is 23.4 Å². The Bertz CT molecular complexity index is 537. The summed E-state index contributed by atoms with van der Waals surface area (Å²) in [6, 6.07) is 7.66. The Kier molecular flexibility index (Phi) is 3.93. The number of rotatable bonds is 4. The number of hydrogen-bond acceptors (Lipinski definition) is 5. The highest BCUT2D eigenvalue weighted by atomic mass is 32.2. The lowest BCUT2D eigenvalue weighted by molar-refractivity contribution is -0.113. The minimum absolute atomic E-state index is 0.0770. The molecule has 0 aliphatic carbocycles. The molecule has 0 fully saturated rings. The van der Waals surface area contributed by atoms with E-state index in [0.29, 0.717) is 5.16 Å². The first-order valence-corrected chi connectivity index (χ1v) is 6.35. The van der Waals surface area contributed by atoms with E-state index in [2.05, 4.69) is 20.8 Å². The molecule has 1 amide bonds. The fourth-order valence-electron chi connectivity index (χ4n) is 1.31. The second-order valence-corrected chi connectivity index (χ2v) is 4.73. The van der Waals surface area contributed by atoms with Crippen LogP contribution in [0.4, 0.5) is 5.69 Å². The van der Waals surface area contributed by atoms with Crippen molar-refractivity contribution in [2.24, 2.45) is 7.05 Å². The van der Waals surface area contributed by atoms with Crippen LogP contribution in [0.1, 0.15) is 5.56 Å². The zero-order chi connectivity index (χ0) is 13.0. The molecule has 6 nitrogen and oxygen atoms in total. The molecule has 0 bridgehead atoms. The van der Waals surface area contributed by atoms with Crippen LogP contribution in [0.25, 0.3) is 0 Å². The molecule has 0 radical (unpaired) electrons. The number of thioether (sulfide) groups is 1. The van der Waals surface area contributed by atoms with Crippen LogP contribution in [-0.2, 0) is 11.8 Å². The summed E-state index contributed by atoms with van der Waals surface area (Å²) in [4.78, 5) is 11.7. The lowest BCUT2D eigenvalue weighted by Gasteiger charge is -2.04. The SMILES string of the molecule is Cc1ccc(NC(=O)CSc2nnnn2C)cc1. The fourth-order valence-corrected chi connectivity index (χ4v) is 1.96. The van der Waals surface area contributed by atoms with Gasteiger partial charge in [0.1, 0.15) is 0 Å². The van der Waals surface area contributed by atoms with Gasteiger partial charge in [-0.05, 0) is 29.5 Å². The predicted molar refractivity (Wildman–Crippen MR) is 69.3 cm³/mol. The highest BCUT2D eigenvalue weighted by Gasteiger charge is 2.07. The van der Waals surface area contributed by atoms with Crippen molar-refractivity contribution in [1.82, 2.24) is 20.2 Å². The number of tetrazole rings is 1. The molecule has 1 N–H and O–H groups in total. The van der Waals surface area contributed by atoms with E-state index in [1.165, 1.54) is 16.4 Å². The van der Waals surface area contributed by atoms with Gasteiger partial charge in [0.05, 0.1) is 5.75 Å². The minimum Gasteiger partial charge on any atom is -0.325 e.